The van der Waals surface area contributed by atoms with E-state index in [2.05, 4.69) is 0 Å². The molecule has 2 rings (SSSR count). The predicted molar refractivity (Wildman–Crippen MR) is 114 cm³/mol. The first kappa shape index (κ1) is 23.4. The molecule has 0 aromatic rings. The lowest BCUT2D eigenvalue weighted by Crippen LogP contribution is -2.41. The normalized spacial score (nSPS) is 25.3. The number of hydrogen-bond donors (Lipinski definition) is 0. The SMILES string of the molecule is CC1(C)OB(/C=C\CCC(=O)CC/C=C\B2OC(C)(C)C(C)(C)O2)OC1(C)C. The minimum absolute atomic E-state index is 0.247. The predicted octanol–water partition coefficient (Wildman–Crippen LogP) is 4.49. The quantitative estimate of drug-likeness (QED) is 0.572. The molecule has 28 heavy (non-hydrogen) atoms. The highest BCUT2D eigenvalue weighted by molar-refractivity contribution is 6.52. The first-order valence-corrected chi connectivity index (χ1v) is 10.3. The van der Waals surface area contributed by atoms with Crippen molar-refractivity contribution >= 4 is 20.0 Å². The molecule has 0 aromatic heterocycles. The lowest BCUT2D eigenvalue weighted by atomic mass is 9.89. The van der Waals surface area contributed by atoms with Gasteiger partial charge >= 0.3 is 14.2 Å². The third-order valence-corrected chi connectivity index (χ3v) is 6.31. The number of carbonyl (C=O) groups excluding carboxylic acids is 1. The van der Waals surface area contributed by atoms with Gasteiger partial charge in [-0.25, -0.2) is 0 Å². The van der Waals surface area contributed by atoms with E-state index in [1.165, 1.54) is 0 Å². The Kier molecular flexibility index (Phi) is 7.08. The van der Waals surface area contributed by atoms with Crippen molar-refractivity contribution in [2.45, 2.75) is 103 Å². The van der Waals surface area contributed by atoms with Crippen molar-refractivity contribution < 1.29 is 23.4 Å². The van der Waals surface area contributed by atoms with E-state index in [4.69, 9.17) is 18.6 Å². The molecule has 0 radical (unpaired) electrons. The number of ketones is 1. The van der Waals surface area contributed by atoms with Crippen LogP contribution in [0.3, 0.4) is 0 Å². The maximum atomic E-state index is 12.1. The largest absolute Gasteiger partial charge is 0.486 e. The van der Waals surface area contributed by atoms with E-state index in [0.717, 1.165) is 0 Å². The number of allylic oxidation sites excluding steroid dienone is 2. The maximum absolute atomic E-state index is 12.1. The smallest absolute Gasteiger partial charge is 0.400 e. The molecular weight excluding hydrogens is 354 g/mol. The van der Waals surface area contributed by atoms with Crippen molar-refractivity contribution in [3.63, 3.8) is 0 Å². The van der Waals surface area contributed by atoms with Gasteiger partial charge in [0.05, 0.1) is 22.4 Å². The van der Waals surface area contributed by atoms with E-state index in [1.807, 2.05) is 79.5 Å². The number of hydrogen-bond acceptors (Lipinski definition) is 5. The molecule has 5 nitrogen and oxygen atoms in total. The molecule has 0 spiro atoms. The minimum Gasteiger partial charge on any atom is -0.400 e. The monoisotopic (exact) mass is 390 g/mol. The van der Waals surface area contributed by atoms with Gasteiger partial charge in [0.1, 0.15) is 5.78 Å². The molecule has 7 heteroatoms. The van der Waals surface area contributed by atoms with Gasteiger partial charge in [-0.05, 0) is 68.2 Å². The van der Waals surface area contributed by atoms with Gasteiger partial charge < -0.3 is 18.6 Å². The molecule has 0 saturated carbocycles. The fourth-order valence-corrected chi connectivity index (χ4v) is 2.96. The Morgan fingerprint density at radius 1 is 0.643 bits per heavy atom. The Balaban J connectivity index is 1.64. The van der Waals surface area contributed by atoms with E-state index in [0.29, 0.717) is 25.7 Å². The Bertz CT molecular complexity index is 538. The summed E-state index contributed by atoms with van der Waals surface area (Å²) in [5.74, 6) is 4.06. The molecule has 0 bridgehead atoms. The summed E-state index contributed by atoms with van der Waals surface area (Å²) in [6.45, 7) is 16.2. The molecule has 0 unspecified atom stereocenters. The zero-order valence-corrected chi connectivity index (χ0v) is 18.8. The first-order valence-electron chi connectivity index (χ1n) is 10.3. The standard InChI is InChI=1S/C21H36B2O5/c1-18(2)19(3,4)26-22(25-18)15-11-9-13-17(24)14-10-12-16-23-27-20(5,6)21(7,8)28-23/h11-12,15-16H,9-10,13-14H2,1-8H3/b15-11-,16-12-. The second-order valence-corrected chi connectivity index (χ2v) is 9.72. The average Bonchev–Trinajstić information content (AvgIpc) is 2.87. The summed E-state index contributed by atoms with van der Waals surface area (Å²) in [4.78, 5) is 12.1. The van der Waals surface area contributed by atoms with E-state index in [-0.39, 0.29) is 42.4 Å². The summed E-state index contributed by atoms with van der Waals surface area (Å²) in [6, 6.07) is 0. The Morgan fingerprint density at radius 3 is 1.21 bits per heavy atom. The molecule has 0 atom stereocenters. The molecule has 2 heterocycles. The van der Waals surface area contributed by atoms with Crippen LogP contribution in [-0.4, -0.2) is 42.4 Å². The van der Waals surface area contributed by atoms with Crippen molar-refractivity contribution in [1.82, 2.24) is 0 Å². The second kappa shape index (κ2) is 8.47. The van der Waals surface area contributed by atoms with Gasteiger partial charge in [-0.2, -0.15) is 0 Å². The van der Waals surface area contributed by atoms with Crippen LogP contribution in [-0.2, 0) is 23.4 Å². The van der Waals surface area contributed by atoms with Crippen LogP contribution in [0, 0.1) is 0 Å². The van der Waals surface area contributed by atoms with E-state index >= 15 is 0 Å². The zero-order chi connectivity index (χ0) is 21.2. The summed E-state index contributed by atoms with van der Waals surface area (Å²) >= 11 is 0. The molecule has 0 aliphatic carbocycles. The number of Topliss-reactive ketones (excluding diaryl/α,β-unsaturated/α-hetero) is 1. The summed E-state index contributed by atoms with van der Waals surface area (Å²) in [7, 11) is -0.689. The van der Waals surface area contributed by atoms with Crippen molar-refractivity contribution in [1.29, 1.82) is 0 Å². The van der Waals surface area contributed by atoms with Gasteiger partial charge in [-0.3, -0.25) is 4.79 Å². The van der Waals surface area contributed by atoms with Gasteiger partial charge in [0, 0.05) is 12.8 Å². The summed E-state index contributed by atoms with van der Waals surface area (Å²) < 4.78 is 23.6. The fraction of sp³-hybridized carbons (Fsp3) is 0.762. The van der Waals surface area contributed by atoms with Crippen molar-refractivity contribution in [3.8, 4) is 0 Å². The Labute approximate surface area is 171 Å². The van der Waals surface area contributed by atoms with Gasteiger partial charge in [0.2, 0.25) is 0 Å². The summed E-state index contributed by atoms with van der Waals surface area (Å²) in [5, 5.41) is 0. The highest BCUT2D eigenvalue weighted by atomic mass is 16.7. The van der Waals surface area contributed by atoms with Crippen LogP contribution in [0.4, 0.5) is 0 Å². The molecular formula is C21H36B2O5. The van der Waals surface area contributed by atoms with Crippen LogP contribution >= 0.6 is 0 Å². The van der Waals surface area contributed by atoms with Crippen LogP contribution < -0.4 is 0 Å². The van der Waals surface area contributed by atoms with Crippen LogP contribution in [0.1, 0.15) is 81.1 Å². The lowest BCUT2D eigenvalue weighted by molar-refractivity contribution is -0.118. The first-order chi connectivity index (χ1) is 12.8. The van der Waals surface area contributed by atoms with Gasteiger partial charge in [0.25, 0.3) is 0 Å². The molecule has 0 amide bonds. The Hall–Kier alpha value is -0.880. The molecule has 2 saturated heterocycles. The van der Waals surface area contributed by atoms with Crippen molar-refractivity contribution in [2.75, 3.05) is 0 Å². The average molecular weight is 390 g/mol. The van der Waals surface area contributed by atoms with Gasteiger partial charge in [0.15, 0.2) is 0 Å². The second-order valence-electron chi connectivity index (χ2n) is 9.72. The van der Waals surface area contributed by atoms with E-state index in [1.54, 1.807) is 0 Å². The van der Waals surface area contributed by atoms with Crippen LogP contribution in [0.25, 0.3) is 0 Å². The highest BCUT2D eigenvalue weighted by Crippen LogP contribution is 2.37. The highest BCUT2D eigenvalue weighted by Gasteiger charge is 2.50. The lowest BCUT2D eigenvalue weighted by Gasteiger charge is -2.32. The molecule has 2 fully saturated rings. The van der Waals surface area contributed by atoms with E-state index < -0.39 is 0 Å². The van der Waals surface area contributed by atoms with E-state index in [9.17, 15) is 4.79 Å². The summed E-state index contributed by atoms with van der Waals surface area (Å²) in [6.07, 6.45) is 6.40. The maximum Gasteiger partial charge on any atom is 0.486 e. The number of carbonyl (C=O) groups is 1. The van der Waals surface area contributed by atoms with Gasteiger partial charge in [-0.1, -0.05) is 24.1 Å². The molecule has 0 N–H and O–H groups in total. The van der Waals surface area contributed by atoms with Gasteiger partial charge in [-0.15, -0.1) is 0 Å². The Morgan fingerprint density at radius 2 is 0.929 bits per heavy atom. The third kappa shape index (κ3) is 5.59. The third-order valence-electron chi connectivity index (χ3n) is 6.31. The van der Waals surface area contributed by atoms with Crippen LogP contribution in [0.15, 0.2) is 24.1 Å². The molecule has 0 aromatic carbocycles. The van der Waals surface area contributed by atoms with Crippen molar-refractivity contribution in [2.24, 2.45) is 0 Å². The zero-order valence-electron chi connectivity index (χ0n) is 18.8. The molecule has 2 aliphatic heterocycles. The molecule has 2 aliphatic rings. The minimum atomic E-state index is -0.344. The van der Waals surface area contributed by atoms with Crippen LogP contribution in [0.2, 0.25) is 0 Å². The van der Waals surface area contributed by atoms with Crippen LogP contribution in [0.5, 0.6) is 0 Å². The number of rotatable bonds is 8. The van der Waals surface area contributed by atoms with Crippen molar-refractivity contribution in [3.05, 3.63) is 24.1 Å². The molecule has 156 valence electrons. The topological polar surface area (TPSA) is 54.0 Å². The fourth-order valence-electron chi connectivity index (χ4n) is 2.96. The summed E-state index contributed by atoms with van der Waals surface area (Å²) in [5.41, 5.74) is -1.33.